The number of sulfonamides is 1. The second-order valence-electron chi connectivity index (χ2n) is 11.4. The van der Waals surface area contributed by atoms with Gasteiger partial charge in [0.2, 0.25) is 5.91 Å². The minimum atomic E-state index is -4.54. The summed E-state index contributed by atoms with van der Waals surface area (Å²) in [6, 6.07) is 15.4. The Morgan fingerprint density at radius 2 is 1.57 bits per heavy atom. The van der Waals surface area contributed by atoms with Crippen LogP contribution in [0.3, 0.4) is 0 Å². The molecule has 0 spiro atoms. The van der Waals surface area contributed by atoms with E-state index in [1.165, 1.54) is 30.3 Å². The molecule has 1 unspecified atom stereocenters. The van der Waals surface area contributed by atoms with E-state index in [9.17, 15) is 22.8 Å². The Balaban J connectivity index is 1.61. The summed E-state index contributed by atoms with van der Waals surface area (Å²) in [6.45, 7) is 11.2. The van der Waals surface area contributed by atoms with Crippen LogP contribution >= 0.6 is 23.2 Å². The van der Waals surface area contributed by atoms with E-state index in [-0.39, 0.29) is 44.2 Å². The highest BCUT2D eigenvalue weighted by Gasteiger charge is 2.58. The van der Waals surface area contributed by atoms with Crippen molar-refractivity contribution in [2.24, 2.45) is 0 Å². The van der Waals surface area contributed by atoms with Gasteiger partial charge in [-0.3, -0.25) is 14.5 Å². The van der Waals surface area contributed by atoms with Gasteiger partial charge in [0.25, 0.3) is 15.9 Å². The molecule has 2 aliphatic heterocycles. The molecule has 0 aliphatic carbocycles. The summed E-state index contributed by atoms with van der Waals surface area (Å²) < 4.78 is 29.8. The van der Waals surface area contributed by atoms with Crippen LogP contribution in [0.2, 0.25) is 10.0 Å². The van der Waals surface area contributed by atoms with Crippen LogP contribution in [0, 0.1) is 0 Å². The third-order valence-electron chi connectivity index (χ3n) is 8.99. The lowest BCUT2D eigenvalue weighted by molar-refractivity contribution is -0.129. The van der Waals surface area contributed by atoms with Crippen LogP contribution in [0.4, 0.5) is 16.2 Å². The van der Waals surface area contributed by atoms with Crippen molar-refractivity contribution in [1.29, 1.82) is 0 Å². The SMILES string of the molecule is CCN(CC)CCC(=O)NC1(c2ccccc2Cl)C(=O)N(S(=O)(=O)c2ccc3c(c2)CCN3C(=O)N(CC)CC)c2ccc(Cl)cc21. The van der Waals surface area contributed by atoms with Crippen molar-refractivity contribution in [1.82, 2.24) is 15.1 Å². The summed E-state index contributed by atoms with van der Waals surface area (Å²) in [6.07, 6.45) is 0.523. The van der Waals surface area contributed by atoms with E-state index < -0.39 is 27.4 Å². The summed E-state index contributed by atoms with van der Waals surface area (Å²) >= 11 is 13.2. The molecule has 13 heteroatoms. The first-order valence-corrected chi connectivity index (χ1v) is 18.0. The molecule has 3 aromatic carbocycles. The fraction of sp³-hybridized carbons (Fsp3) is 0.382. The van der Waals surface area contributed by atoms with E-state index in [0.717, 1.165) is 17.4 Å². The summed E-state index contributed by atoms with van der Waals surface area (Å²) in [5, 5.41) is 3.33. The van der Waals surface area contributed by atoms with E-state index in [4.69, 9.17) is 23.2 Å². The predicted octanol–water partition coefficient (Wildman–Crippen LogP) is 5.64. The molecule has 47 heavy (non-hydrogen) atoms. The quantitative estimate of drug-likeness (QED) is 0.277. The van der Waals surface area contributed by atoms with Crippen LogP contribution in [0.15, 0.2) is 65.6 Å². The van der Waals surface area contributed by atoms with E-state index in [0.29, 0.717) is 43.9 Å². The first kappa shape index (κ1) is 34.7. The third-order valence-corrected chi connectivity index (χ3v) is 11.2. The van der Waals surface area contributed by atoms with Gasteiger partial charge in [-0.05, 0) is 81.4 Å². The predicted molar refractivity (Wildman–Crippen MR) is 185 cm³/mol. The maximum atomic E-state index is 14.8. The molecular weight excluding hydrogens is 661 g/mol. The molecule has 2 aliphatic rings. The van der Waals surface area contributed by atoms with E-state index in [2.05, 4.69) is 10.2 Å². The summed E-state index contributed by atoms with van der Waals surface area (Å²) in [4.78, 5) is 46.9. The Morgan fingerprint density at radius 1 is 0.894 bits per heavy atom. The smallest absolute Gasteiger partial charge is 0.324 e. The maximum absolute atomic E-state index is 14.8. The first-order chi connectivity index (χ1) is 22.4. The summed E-state index contributed by atoms with van der Waals surface area (Å²) in [5.74, 6) is -1.36. The Hall–Kier alpha value is -3.64. The average molecular weight is 701 g/mol. The molecule has 250 valence electrons. The second-order valence-corrected chi connectivity index (χ2v) is 14.1. The van der Waals surface area contributed by atoms with E-state index in [1.54, 1.807) is 40.1 Å². The summed E-state index contributed by atoms with van der Waals surface area (Å²) in [7, 11) is -4.54. The first-order valence-electron chi connectivity index (χ1n) is 15.8. The number of halogens is 2. The van der Waals surface area contributed by atoms with E-state index >= 15 is 0 Å². The minimum Gasteiger partial charge on any atom is -0.334 e. The van der Waals surface area contributed by atoms with Gasteiger partial charge in [-0.25, -0.2) is 13.2 Å². The van der Waals surface area contributed by atoms with Crippen molar-refractivity contribution >= 4 is 62.4 Å². The molecule has 0 aromatic heterocycles. The van der Waals surface area contributed by atoms with Crippen molar-refractivity contribution in [2.45, 2.75) is 51.0 Å². The molecule has 0 saturated heterocycles. The Bertz CT molecular complexity index is 1810. The fourth-order valence-corrected chi connectivity index (χ4v) is 8.36. The Morgan fingerprint density at radius 3 is 2.23 bits per heavy atom. The molecule has 5 rings (SSSR count). The monoisotopic (exact) mass is 699 g/mol. The number of nitrogens with zero attached hydrogens (tertiary/aromatic N) is 4. The maximum Gasteiger partial charge on any atom is 0.324 e. The van der Waals surface area contributed by atoms with Gasteiger partial charge in [-0.2, -0.15) is 4.31 Å². The van der Waals surface area contributed by atoms with Gasteiger partial charge in [-0.15, -0.1) is 0 Å². The number of hydrogen-bond acceptors (Lipinski definition) is 6. The van der Waals surface area contributed by atoms with Gasteiger partial charge in [0.1, 0.15) is 0 Å². The molecule has 0 bridgehead atoms. The van der Waals surface area contributed by atoms with Gasteiger partial charge in [0.05, 0.1) is 10.6 Å². The fourth-order valence-electron chi connectivity index (χ4n) is 6.39. The van der Waals surface area contributed by atoms with Gasteiger partial charge < -0.3 is 15.1 Å². The highest BCUT2D eigenvalue weighted by atomic mass is 35.5. The van der Waals surface area contributed by atoms with Crippen LogP contribution in [-0.4, -0.2) is 75.3 Å². The van der Waals surface area contributed by atoms with Gasteiger partial charge >= 0.3 is 6.03 Å². The molecule has 0 fully saturated rings. The van der Waals surface area contributed by atoms with Gasteiger partial charge in [0, 0.05) is 59.5 Å². The Labute approximate surface area is 286 Å². The highest BCUT2D eigenvalue weighted by molar-refractivity contribution is 7.93. The van der Waals surface area contributed by atoms with Crippen LogP contribution in [0.25, 0.3) is 0 Å². The van der Waals surface area contributed by atoms with Crippen LogP contribution < -0.4 is 14.5 Å². The van der Waals surface area contributed by atoms with Crippen molar-refractivity contribution in [3.8, 4) is 0 Å². The number of hydrogen-bond donors (Lipinski definition) is 1. The van der Waals surface area contributed by atoms with Crippen LogP contribution in [0.1, 0.15) is 50.8 Å². The molecule has 1 atom stereocenters. The molecule has 10 nitrogen and oxygen atoms in total. The lowest BCUT2D eigenvalue weighted by atomic mass is 9.83. The third kappa shape index (κ3) is 6.10. The summed E-state index contributed by atoms with van der Waals surface area (Å²) in [5.41, 5.74) is -0.190. The van der Waals surface area contributed by atoms with Crippen LogP contribution in [0.5, 0.6) is 0 Å². The lowest BCUT2D eigenvalue weighted by Crippen LogP contribution is -2.55. The average Bonchev–Trinajstić information content (AvgIpc) is 3.59. The van der Waals surface area contributed by atoms with E-state index in [1.807, 2.05) is 27.7 Å². The number of benzene rings is 3. The molecule has 0 radical (unpaired) electrons. The molecule has 0 saturated carbocycles. The minimum absolute atomic E-state index is 0.0576. The molecule has 3 aromatic rings. The normalized spacial score (nSPS) is 17.2. The Kier molecular flexibility index (Phi) is 10.2. The van der Waals surface area contributed by atoms with Crippen molar-refractivity contribution in [3.05, 3.63) is 87.4 Å². The second kappa shape index (κ2) is 13.8. The van der Waals surface area contributed by atoms with Crippen molar-refractivity contribution < 1.29 is 22.8 Å². The highest BCUT2D eigenvalue weighted by Crippen LogP contribution is 2.49. The molecule has 1 N–H and O–H groups in total. The lowest BCUT2D eigenvalue weighted by Gasteiger charge is -2.31. The number of anilines is 2. The number of nitrogens with one attached hydrogen (secondary N) is 1. The zero-order chi connectivity index (χ0) is 34.1. The largest absolute Gasteiger partial charge is 0.334 e. The van der Waals surface area contributed by atoms with Gasteiger partial charge in [0.15, 0.2) is 5.54 Å². The topological polar surface area (TPSA) is 110 Å². The number of fused-ring (bicyclic) bond motifs is 2. The zero-order valence-corrected chi connectivity index (χ0v) is 29.3. The van der Waals surface area contributed by atoms with Crippen molar-refractivity contribution in [2.75, 3.05) is 48.5 Å². The standard InChI is InChI=1S/C34H39Cl2N5O5S/c1-5-38(6-2)19-18-31(42)37-34(26-11-9-10-12-28(26)36)27-22-24(35)13-15-30(27)41(32(34)43)47(45,46)25-14-16-29-23(21-25)17-20-40(29)33(44)39(7-3)8-4/h9-16,21-22H,5-8,17-20H2,1-4H3,(H,37,42). The van der Waals surface area contributed by atoms with Crippen LogP contribution in [-0.2, 0) is 31.6 Å². The number of carbonyl (C=O) groups is 3. The molecule has 4 amide bonds. The number of urea groups is 1. The molecule has 2 heterocycles. The van der Waals surface area contributed by atoms with Gasteiger partial charge in [-0.1, -0.05) is 55.2 Å². The van der Waals surface area contributed by atoms with Crippen molar-refractivity contribution in [3.63, 3.8) is 0 Å². The zero-order valence-electron chi connectivity index (χ0n) is 26.9. The number of rotatable bonds is 11. The number of carbonyl (C=O) groups excluding carboxylic acids is 3. The number of amides is 4. The molecular formula is C34H39Cl2N5O5S.